The second kappa shape index (κ2) is 6.69. The summed E-state index contributed by atoms with van der Waals surface area (Å²) in [6.45, 7) is 0. The fraction of sp³-hybridized carbons (Fsp3) is 0.286. The Hall–Kier alpha value is -2.22. The van der Waals surface area contributed by atoms with E-state index in [1.807, 2.05) is 6.07 Å². The van der Waals surface area contributed by atoms with Gasteiger partial charge in [-0.25, -0.2) is 8.42 Å². The molecular formula is C21H20N2O3S2. The zero-order valence-corrected chi connectivity index (χ0v) is 16.7. The van der Waals surface area contributed by atoms with E-state index < -0.39 is 9.84 Å². The molecule has 2 saturated heterocycles. The van der Waals surface area contributed by atoms with Gasteiger partial charge in [-0.1, -0.05) is 18.2 Å². The van der Waals surface area contributed by atoms with Crippen molar-refractivity contribution in [2.24, 2.45) is 0 Å². The Morgan fingerprint density at radius 1 is 1.07 bits per heavy atom. The maximum absolute atomic E-state index is 12.8. The van der Waals surface area contributed by atoms with Gasteiger partial charge in [0.25, 0.3) is 5.91 Å². The van der Waals surface area contributed by atoms with Crippen molar-refractivity contribution in [1.29, 1.82) is 0 Å². The molecule has 2 aromatic carbocycles. The van der Waals surface area contributed by atoms with Crippen molar-refractivity contribution in [2.45, 2.75) is 46.5 Å². The van der Waals surface area contributed by atoms with E-state index in [-0.39, 0.29) is 16.8 Å². The van der Waals surface area contributed by atoms with Gasteiger partial charge in [0.05, 0.1) is 4.90 Å². The highest BCUT2D eigenvalue weighted by Gasteiger charge is 2.39. The van der Waals surface area contributed by atoms with Gasteiger partial charge in [0, 0.05) is 28.4 Å². The zero-order chi connectivity index (χ0) is 19.3. The molecule has 2 aliphatic rings. The van der Waals surface area contributed by atoms with Crippen LogP contribution in [0.15, 0.2) is 63.7 Å². The first-order valence-corrected chi connectivity index (χ1v) is 11.7. The van der Waals surface area contributed by atoms with E-state index in [4.69, 9.17) is 0 Å². The molecule has 1 aromatic heterocycles. The summed E-state index contributed by atoms with van der Waals surface area (Å²) in [6.07, 6.45) is 3.28. The van der Waals surface area contributed by atoms with Crippen LogP contribution in [-0.4, -0.2) is 32.5 Å². The summed E-state index contributed by atoms with van der Waals surface area (Å²) < 4.78 is 26.8. The molecule has 5 rings (SSSR count). The Morgan fingerprint density at radius 3 is 2.61 bits per heavy atom. The van der Waals surface area contributed by atoms with Crippen LogP contribution < -0.4 is 10.6 Å². The molecule has 0 aliphatic carbocycles. The molecule has 0 unspecified atom stereocenters. The third kappa shape index (κ3) is 3.03. The number of fused-ring (bicyclic) bond motifs is 3. The smallest absolute Gasteiger partial charge is 0.251 e. The molecule has 28 heavy (non-hydrogen) atoms. The monoisotopic (exact) mass is 412 g/mol. The Kier molecular flexibility index (Phi) is 4.26. The van der Waals surface area contributed by atoms with Crippen molar-refractivity contribution in [3.8, 4) is 0 Å². The van der Waals surface area contributed by atoms with Crippen LogP contribution in [0, 0.1) is 0 Å². The van der Waals surface area contributed by atoms with Gasteiger partial charge < -0.3 is 10.6 Å². The van der Waals surface area contributed by atoms with Gasteiger partial charge in [-0.05, 0) is 61.0 Å². The minimum atomic E-state index is -3.55. The number of carbonyl (C=O) groups excluding carboxylic acids is 1. The Bertz CT molecular complexity index is 1150. The van der Waals surface area contributed by atoms with Crippen LogP contribution in [0.25, 0.3) is 10.1 Å². The Labute approximate surface area is 167 Å². The summed E-state index contributed by atoms with van der Waals surface area (Å²) >= 11 is 1.23. The average Bonchev–Trinajstić information content (AvgIpc) is 3.43. The van der Waals surface area contributed by atoms with Crippen LogP contribution in [-0.2, 0) is 9.84 Å². The molecule has 0 radical (unpaired) electrons. The van der Waals surface area contributed by atoms with E-state index in [2.05, 4.69) is 10.6 Å². The zero-order valence-electron chi connectivity index (χ0n) is 15.1. The lowest BCUT2D eigenvalue weighted by atomic mass is 9.95. The highest BCUT2D eigenvalue weighted by atomic mass is 32.2. The fourth-order valence-corrected chi connectivity index (χ4v) is 7.05. The molecule has 2 bridgehead atoms. The lowest BCUT2D eigenvalue weighted by Crippen LogP contribution is -2.42. The summed E-state index contributed by atoms with van der Waals surface area (Å²) in [7, 11) is -3.55. The number of hydrogen-bond acceptors (Lipinski definition) is 5. The minimum Gasteiger partial charge on any atom is -0.348 e. The summed E-state index contributed by atoms with van der Waals surface area (Å²) in [5, 5.41) is 7.43. The summed E-state index contributed by atoms with van der Waals surface area (Å²) in [4.78, 5) is 13.0. The Morgan fingerprint density at radius 2 is 1.89 bits per heavy atom. The van der Waals surface area contributed by atoms with Gasteiger partial charge >= 0.3 is 0 Å². The number of thiophene rings is 1. The predicted octanol–water partition coefficient (Wildman–Crippen LogP) is 3.36. The SMILES string of the molecule is O=C(N[C@@H]1C[C@H]2CC[C@@H]1N2)c1ccc2sc(S(=O)(=O)c3ccccc3)cc2c1. The topological polar surface area (TPSA) is 75.3 Å². The maximum atomic E-state index is 12.8. The van der Waals surface area contributed by atoms with E-state index >= 15 is 0 Å². The molecule has 144 valence electrons. The van der Waals surface area contributed by atoms with Gasteiger partial charge in [-0.3, -0.25) is 4.79 Å². The third-order valence-corrected chi connectivity index (χ3v) is 9.05. The second-order valence-corrected chi connectivity index (χ2v) is 10.8. The first-order chi connectivity index (χ1) is 13.5. The van der Waals surface area contributed by atoms with Crippen molar-refractivity contribution in [3.63, 3.8) is 0 Å². The summed E-state index contributed by atoms with van der Waals surface area (Å²) in [5.41, 5.74) is 0.566. The lowest BCUT2D eigenvalue weighted by molar-refractivity contribution is 0.0931. The molecule has 0 spiro atoms. The number of nitrogens with one attached hydrogen (secondary N) is 2. The van der Waals surface area contributed by atoms with Crippen molar-refractivity contribution < 1.29 is 13.2 Å². The molecule has 5 nitrogen and oxygen atoms in total. The average molecular weight is 413 g/mol. The molecule has 3 aromatic rings. The van der Waals surface area contributed by atoms with Gasteiger partial charge in [0.1, 0.15) is 4.21 Å². The van der Waals surface area contributed by atoms with Crippen molar-refractivity contribution >= 4 is 37.2 Å². The van der Waals surface area contributed by atoms with E-state index in [0.717, 1.165) is 22.9 Å². The molecule has 3 heterocycles. The molecular weight excluding hydrogens is 392 g/mol. The maximum Gasteiger partial charge on any atom is 0.251 e. The van der Waals surface area contributed by atoms with Gasteiger partial charge in [0.15, 0.2) is 0 Å². The van der Waals surface area contributed by atoms with Crippen LogP contribution in [0.4, 0.5) is 0 Å². The number of carbonyl (C=O) groups is 1. The van der Waals surface area contributed by atoms with Crippen LogP contribution in [0.1, 0.15) is 29.6 Å². The highest BCUT2D eigenvalue weighted by Crippen LogP contribution is 2.33. The quantitative estimate of drug-likeness (QED) is 0.689. The van der Waals surface area contributed by atoms with E-state index in [0.29, 0.717) is 21.9 Å². The fourth-order valence-electron chi connectivity index (χ4n) is 4.24. The van der Waals surface area contributed by atoms with Crippen molar-refractivity contribution in [2.75, 3.05) is 0 Å². The van der Waals surface area contributed by atoms with Gasteiger partial charge in [0.2, 0.25) is 9.84 Å². The van der Waals surface area contributed by atoms with Gasteiger partial charge in [-0.2, -0.15) is 0 Å². The standard InChI is InChI=1S/C21H20N2O3S2/c24-21(23-18-12-15-7-8-17(18)22-15)13-6-9-19-14(10-13)11-20(27-19)28(25,26)16-4-2-1-3-5-16/h1-6,9-11,15,17-18,22H,7-8,12H2,(H,23,24)/t15-,17+,18-/m1/s1. The molecule has 2 N–H and O–H groups in total. The number of benzene rings is 2. The van der Waals surface area contributed by atoms with Crippen molar-refractivity contribution in [1.82, 2.24) is 10.6 Å². The lowest BCUT2D eigenvalue weighted by Gasteiger charge is -2.21. The van der Waals surface area contributed by atoms with Crippen LogP contribution in [0.3, 0.4) is 0 Å². The number of rotatable bonds is 4. The molecule has 3 atom stereocenters. The minimum absolute atomic E-state index is 0.0973. The molecule has 2 aliphatic heterocycles. The van der Waals surface area contributed by atoms with E-state index in [1.54, 1.807) is 48.5 Å². The van der Waals surface area contributed by atoms with Gasteiger partial charge in [-0.15, -0.1) is 11.3 Å². The van der Waals surface area contributed by atoms with Crippen LogP contribution >= 0.6 is 11.3 Å². The van der Waals surface area contributed by atoms with E-state index in [1.165, 1.54) is 17.8 Å². The number of hydrogen-bond donors (Lipinski definition) is 2. The number of amides is 1. The first kappa shape index (κ1) is 17.8. The predicted molar refractivity (Wildman–Crippen MR) is 110 cm³/mol. The highest BCUT2D eigenvalue weighted by molar-refractivity contribution is 7.93. The largest absolute Gasteiger partial charge is 0.348 e. The molecule has 1 amide bonds. The van der Waals surface area contributed by atoms with Crippen LogP contribution in [0.5, 0.6) is 0 Å². The summed E-state index contributed by atoms with van der Waals surface area (Å²) in [6, 6.07) is 16.6. The molecule has 0 saturated carbocycles. The molecule has 2 fully saturated rings. The number of sulfone groups is 1. The Balaban J connectivity index is 1.42. The summed E-state index contributed by atoms with van der Waals surface area (Å²) in [5.74, 6) is -0.0973. The second-order valence-electron chi connectivity index (χ2n) is 7.50. The van der Waals surface area contributed by atoms with Crippen LogP contribution in [0.2, 0.25) is 0 Å². The third-order valence-electron chi connectivity index (χ3n) is 5.69. The first-order valence-electron chi connectivity index (χ1n) is 9.41. The molecule has 7 heteroatoms. The normalized spacial score (nSPS) is 23.9. The van der Waals surface area contributed by atoms with Crippen molar-refractivity contribution in [3.05, 3.63) is 60.2 Å². The van der Waals surface area contributed by atoms with E-state index in [9.17, 15) is 13.2 Å².